The second kappa shape index (κ2) is 6.83. The van der Waals surface area contributed by atoms with Crippen LogP contribution in [0.5, 0.6) is 0 Å². The summed E-state index contributed by atoms with van der Waals surface area (Å²) in [6, 6.07) is 8.39. The van der Waals surface area contributed by atoms with Gasteiger partial charge in [-0.3, -0.25) is 4.79 Å². The van der Waals surface area contributed by atoms with Crippen LogP contribution in [0.15, 0.2) is 24.3 Å². The molecule has 1 aromatic carbocycles. The van der Waals surface area contributed by atoms with E-state index in [1.165, 1.54) is 18.2 Å². The lowest BCUT2D eigenvalue weighted by atomic mass is 9.86. The Morgan fingerprint density at radius 2 is 1.67 bits per heavy atom. The third kappa shape index (κ3) is 3.71. The van der Waals surface area contributed by atoms with Crippen molar-refractivity contribution in [3.8, 4) is 0 Å². The lowest BCUT2D eigenvalue weighted by Crippen LogP contribution is -2.53. The zero-order valence-corrected chi connectivity index (χ0v) is 14.4. The lowest BCUT2D eigenvalue weighted by Gasteiger charge is -2.30. The van der Waals surface area contributed by atoms with Crippen molar-refractivity contribution in [2.24, 2.45) is 5.92 Å². The predicted octanol–water partition coefficient (Wildman–Crippen LogP) is 2.57. The summed E-state index contributed by atoms with van der Waals surface area (Å²) >= 11 is 0. The van der Waals surface area contributed by atoms with Gasteiger partial charge in [-0.15, -0.1) is 0 Å². The first-order chi connectivity index (χ1) is 11.5. The molecule has 3 rings (SSSR count). The van der Waals surface area contributed by atoms with Gasteiger partial charge in [0.2, 0.25) is 0 Å². The maximum Gasteiger partial charge on any atom is 0.315 e. The number of benzene rings is 1. The molecule has 130 valence electrons. The Hall–Kier alpha value is -2.04. The van der Waals surface area contributed by atoms with E-state index in [-0.39, 0.29) is 29.5 Å². The van der Waals surface area contributed by atoms with Crippen molar-refractivity contribution in [1.82, 2.24) is 10.6 Å². The van der Waals surface area contributed by atoms with Crippen LogP contribution in [0, 0.1) is 5.92 Å². The van der Waals surface area contributed by atoms with Gasteiger partial charge >= 0.3 is 12.0 Å². The van der Waals surface area contributed by atoms with Crippen LogP contribution < -0.4 is 10.6 Å². The van der Waals surface area contributed by atoms with Crippen molar-refractivity contribution in [3.63, 3.8) is 0 Å². The molecule has 0 saturated heterocycles. The van der Waals surface area contributed by atoms with Crippen molar-refractivity contribution in [2.45, 2.75) is 57.0 Å². The first-order valence-corrected chi connectivity index (χ1v) is 8.72. The van der Waals surface area contributed by atoms with Crippen molar-refractivity contribution in [3.05, 3.63) is 35.4 Å². The highest BCUT2D eigenvalue weighted by atomic mass is 16.5. The fourth-order valence-electron chi connectivity index (χ4n) is 4.03. The molecule has 0 heterocycles. The largest absolute Gasteiger partial charge is 0.469 e. The molecule has 24 heavy (non-hydrogen) atoms. The number of ether oxygens (including phenoxy) is 1. The molecule has 1 fully saturated rings. The number of hydrogen-bond donors (Lipinski definition) is 2. The zero-order valence-electron chi connectivity index (χ0n) is 14.4. The van der Waals surface area contributed by atoms with Gasteiger partial charge in [-0.05, 0) is 56.6 Å². The normalized spacial score (nSPS) is 24.8. The number of fused-ring (bicyclic) bond motifs is 1. The molecule has 2 N–H and O–H groups in total. The van der Waals surface area contributed by atoms with Gasteiger partial charge < -0.3 is 15.4 Å². The summed E-state index contributed by atoms with van der Waals surface area (Å²) in [5, 5.41) is 6.23. The molecule has 0 unspecified atom stereocenters. The fraction of sp³-hybridized carbons (Fsp3) is 0.579. The maximum atomic E-state index is 12.4. The highest BCUT2D eigenvalue weighted by Crippen LogP contribution is 2.30. The third-order valence-electron chi connectivity index (χ3n) is 5.29. The number of methoxy groups -OCH3 is 1. The number of urea groups is 1. The highest BCUT2D eigenvalue weighted by molar-refractivity contribution is 5.76. The molecule has 0 spiro atoms. The molecule has 1 aromatic rings. The van der Waals surface area contributed by atoms with Crippen LogP contribution in [-0.2, 0) is 22.4 Å². The van der Waals surface area contributed by atoms with Gasteiger partial charge in [-0.1, -0.05) is 24.3 Å². The Morgan fingerprint density at radius 1 is 1.08 bits per heavy atom. The van der Waals surface area contributed by atoms with Crippen LogP contribution in [0.2, 0.25) is 0 Å². The molecule has 0 atom stereocenters. The van der Waals surface area contributed by atoms with E-state index in [1.54, 1.807) is 0 Å². The third-order valence-corrected chi connectivity index (χ3v) is 5.29. The molecule has 0 aliphatic heterocycles. The highest BCUT2D eigenvalue weighted by Gasteiger charge is 2.35. The quantitative estimate of drug-likeness (QED) is 0.837. The summed E-state index contributed by atoms with van der Waals surface area (Å²) in [4.78, 5) is 23.9. The van der Waals surface area contributed by atoms with Crippen molar-refractivity contribution in [2.75, 3.05) is 7.11 Å². The monoisotopic (exact) mass is 330 g/mol. The molecular weight excluding hydrogens is 304 g/mol. The molecule has 2 amide bonds. The van der Waals surface area contributed by atoms with Crippen molar-refractivity contribution >= 4 is 12.0 Å². The Morgan fingerprint density at radius 3 is 2.21 bits per heavy atom. The van der Waals surface area contributed by atoms with Crippen LogP contribution in [0.4, 0.5) is 4.79 Å². The fourth-order valence-corrected chi connectivity index (χ4v) is 4.03. The molecular formula is C19H26N2O3. The van der Waals surface area contributed by atoms with Crippen LogP contribution in [0.3, 0.4) is 0 Å². The van der Waals surface area contributed by atoms with Gasteiger partial charge in [0.1, 0.15) is 0 Å². The minimum Gasteiger partial charge on any atom is -0.469 e. The van der Waals surface area contributed by atoms with Gasteiger partial charge in [-0.2, -0.15) is 0 Å². The number of rotatable bonds is 3. The average molecular weight is 330 g/mol. The molecule has 5 heteroatoms. The molecule has 2 aliphatic carbocycles. The van der Waals surface area contributed by atoms with E-state index in [9.17, 15) is 9.59 Å². The van der Waals surface area contributed by atoms with Gasteiger partial charge in [0.05, 0.1) is 13.0 Å². The van der Waals surface area contributed by atoms with E-state index in [0.29, 0.717) is 0 Å². The van der Waals surface area contributed by atoms with E-state index in [1.807, 2.05) is 12.1 Å². The zero-order chi connectivity index (χ0) is 17.2. The maximum absolute atomic E-state index is 12.4. The standard InChI is InChI=1S/C19H26N2O3/c1-19(11-14-5-3-4-6-15(14)12-19)21-18(23)20-16-9-7-13(8-10-16)17(22)24-2/h3-6,13,16H,7-12H2,1-2H3,(H2,20,21,23). The van der Waals surface area contributed by atoms with Crippen LogP contribution in [0.1, 0.15) is 43.7 Å². The second-order valence-electron chi connectivity index (χ2n) is 7.35. The summed E-state index contributed by atoms with van der Waals surface area (Å²) in [7, 11) is 1.43. The Labute approximate surface area is 143 Å². The van der Waals surface area contributed by atoms with Crippen molar-refractivity contribution in [1.29, 1.82) is 0 Å². The minimum atomic E-state index is -0.225. The molecule has 1 saturated carbocycles. The first kappa shape index (κ1) is 16.8. The van der Waals surface area contributed by atoms with Gasteiger partial charge in [0.15, 0.2) is 0 Å². The Kier molecular flexibility index (Phi) is 4.78. The SMILES string of the molecule is COC(=O)C1CCC(NC(=O)NC2(C)Cc3ccccc3C2)CC1. The van der Waals surface area contributed by atoms with E-state index < -0.39 is 0 Å². The van der Waals surface area contributed by atoms with E-state index in [0.717, 1.165) is 38.5 Å². The summed E-state index contributed by atoms with van der Waals surface area (Å²) in [5.74, 6) is -0.146. The van der Waals surface area contributed by atoms with Gasteiger partial charge in [0, 0.05) is 11.6 Å². The Bertz CT molecular complexity index is 596. The van der Waals surface area contributed by atoms with E-state index in [2.05, 4.69) is 29.7 Å². The van der Waals surface area contributed by atoms with Gasteiger partial charge in [-0.25, -0.2) is 4.79 Å². The Balaban J connectivity index is 1.48. The summed E-state index contributed by atoms with van der Waals surface area (Å²) in [6.45, 7) is 2.10. The smallest absolute Gasteiger partial charge is 0.315 e. The molecule has 0 aromatic heterocycles. The predicted molar refractivity (Wildman–Crippen MR) is 91.7 cm³/mol. The molecule has 0 radical (unpaired) electrons. The summed E-state index contributed by atoms with van der Waals surface area (Å²) < 4.78 is 4.80. The number of carbonyl (C=O) groups is 2. The lowest BCUT2D eigenvalue weighted by molar-refractivity contribution is -0.146. The second-order valence-corrected chi connectivity index (χ2v) is 7.35. The first-order valence-electron chi connectivity index (χ1n) is 8.72. The number of hydrogen-bond acceptors (Lipinski definition) is 3. The van der Waals surface area contributed by atoms with Crippen LogP contribution in [0.25, 0.3) is 0 Å². The topological polar surface area (TPSA) is 67.4 Å². The van der Waals surface area contributed by atoms with Crippen molar-refractivity contribution < 1.29 is 14.3 Å². The van der Waals surface area contributed by atoms with Crippen LogP contribution >= 0.6 is 0 Å². The summed E-state index contributed by atoms with van der Waals surface area (Å²) in [6.07, 6.45) is 4.94. The molecule has 2 aliphatic rings. The minimum absolute atomic E-state index is 0.0158. The number of carbonyl (C=O) groups excluding carboxylic acids is 2. The summed E-state index contributed by atoms with van der Waals surface area (Å²) in [5.41, 5.74) is 2.41. The average Bonchev–Trinajstić information content (AvgIpc) is 2.90. The number of esters is 1. The number of nitrogens with one attached hydrogen (secondary N) is 2. The number of amides is 2. The molecule has 5 nitrogen and oxygen atoms in total. The van der Waals surface area contributed by atoms with E-state index >= 15 is 0 Å². The van der Waals surface area contributed by atoms with Crippen LogP contribution in [-0.4, -0.2) is 30.7 Å². The van der Waals surface area contributed by atoms with Gasteiger partial charge in [0.25, 0.3) is 0 Å². The van der Waals surface area contributed by atoms with E-state index in [4.69, 9.17) is 4.74 Å². The molecule has 0 bridgehead atoms.